The molecule has 0 aliphatic rings. The second-order valence-electron chi connectivity index (χ2n) is 5.02. The maximum absolute atomic E-state index is 12.7. The molecule has 1 atom stereocenters. The Morgan fingerprint density at radius 3 is 2.48 bits per heavy atom. The largest absolute Gasteiger partial charge is 0.492 e. The Hall–Kier alpha value is -2.11. The Morgan fingerprint density at radius 2 is 1.90 bits per heavy atom. The minimum atomic E-state index is -0.905. The number of ether oxygens (including phenoxy) is 1. The molecule has 1 N–H and O–H groups in total. The molecule has 1 rings (SSSR count). The fraction of sp³-hybridized carbons (Fsp3) is 0.467. The number of aliphatic carboxylic acids is 1. The quantitative estimate of drug-likeness (QED) is 0.798. The van der Waals surface area contributed by atoms with Crippen LogP contribution in [0.25, 0.3) is 0 Å². The number of carboxylic acid groups (broad SMARTS) is 1. The molecule has 0 aliphatic carbocycles. The number of carbonyl (C=O) groups excluding carboxylic acids is 1. The topological polar surface area (TPSA) is 66.8 Å². The number of halogens is 1. The Labute approximate surface area is 123 Å². The molecule has 0 spiro atoms. The van der Waals surface area contributed by atoms with E-state index in [1.165, 1.54) is 29.2 Å². The van der Waals surface area contributed by atoms with E-state index < -0.39 is 5.97 Å². The van der Waals surface area contributed by atoms with Gasteiger partial charge < -0.3 is 14.7 Å². The van der Waals surface area contributed by atoms with Gasteiger partial charge in [-0.05, 0) is 30.2 Å². The fourth-order valence-electron chi connectivity index (χ4n) is 1.78. The highest BCUT2D eigenvalue weighted by molar-refractivity contribution is 5.77. The summed E-state index contributed by atoms with van der Waals surface area (Å²) in [6.07, 6.45) is 0.172. The van der Waals surface area contributed by atoms with Crippen LogP contribution in [0.2, 0.25) is 0 Å². The second-order valence-corrected chi connectivity index (χ2v) is 5.02. The van der Waals surface area contributed by atoms with E-state index in [1.54, 1.807) is 14.0 Å². The molecule has 0 radical (unpaired) electrons. The average molecular weight is 297 g/mol. The molecule has 0 aromatic heterocycles. The lowest BCUT2D eigenvalue weighted by Gasteiger charge is -2.19. The smallest absolute Gasteiger partial charge is 0.303 e. The lowest BCUT2D eigenvalue weighted by Crippen LogP contribution is -2.32. The first-order chi connectivity index (χ1) is 9.88. The molecule has 21 heavy (non-hydrogen) atoms. The van der Waals surface area contributed by atoms with Crippen LogP contribution in [0.4, 0.5) is 4.39 Å². The van der Waals surface area contributed by atoms with Crippen LogP contribution in [0.3, 0.4) is 0 Å². The number of benzene rings is 1. The number of rotatable bonds is 8. The van der Waals surface area contributed by atoms with E-state index in [9.17, 15) is 14.0 Å². The normalized spacial score (nSPS) is 11.8. The molecule has 0 bridgehead atoms. The highest BCUT2D eigenvalue weighted by Crippen LogP contribution is 2.12. The summed E-state index contributed by atoms with van der Waals surface area (Å²) in [5.41, 5.74) is 0. The van der Waals surface area contributed by atoms with Crippen LogP contribution in [0.5, 0.6) is 5.75 Å². The van der Waals surface area contributed by atoms with Gasteiger partial charge in [0.1, 0.15) is 18.2 Å². The summed E-state index contributed by atoms with van der Waals surface area (Å²) >= 11 is 0. The van der Waals surface area contributed by atoms with E-state index in [0.29, 0.717) is 18.9 Å². The lowest BCUT2D eigenvalue weighted by atomic mass is 10.0. The summed E-state index contributed by atoms with van der Waals surface area (Å²) in [6.45, 7) is 2.41. The first kappa shape index (κ1) is 16.9. The molecule has 0 aliphatic heterocycles. The van der Waals surface area contributed by atoms with Crippen molar-refractivity contribution < 1.29 is 23.8 Å². The zero-order chi connectivity index (χ0) is 15.8. The maximum Gasteiger partial charge on any atom is 0.303 e. The molecular weight excluding hydrogens is 277 g/mol. The predicted octanol–water partition coefficient (Wildman–Crippen LogP) is 2.16. The van der Waals surface area contributed by atoms with Crippen molar-refractivity contribution in [1.29, 1.82) is 0 Å². The third kappa shape index (κ3) is 6.74. The van der Waals surface area contributed by atoms with Gasteiger partial charge in [0.2, 0.25) is 5.91 Å². The molecule has 0 saturated carbocycles. The van der Waals surface area contributed by atoms with Crippen LogP contribution < -0.4 is 4.74 Å². The number of hydrogen-bond acceptors (Lipinski definition) is 3. The number of carboxylic acids is 1. The van der Waals surface area contributed by atoms with Gasteiger partial charge in [-0.15, -0.1) is 0 Å². The Bertz CT molecular complexity index is 475. The van der Waals surface area contributed by atoms with Crippen molar-refractivity contribution in [2.45, 2.75) is 19.8 Å². The summed E-state index contributed by atoms with van der Waals surface area (Å²) in [7, 11) is 1.64. The number of nitrogens with zero attached hydrogens (tertiary/aromatic N) is 1. The molecule has 1 aromatic carbocycles. The van der Waals surface area contributed by atoms with Crippen LogP contribution >= 0.6 is 0 Å². The van der Waals surface area contributed by atoms with Crippen LogP contribution in [0, 0.1) is 11.7 Å². The van der Waals surface area contributed by atoms with Gasteiger partial charge >= 0.3 is 5.97 Å². The average Bonchev–Trinajstić information content (AvgIpc) is 2.39. The summed E-state index contributed by atoms with van der Waals surface area (Å²) in [5.74, 6) is -1.02. The Kier molecular flexibility index (Phi) is 6.65. The van der Waals surface area contributed by atoms with Gasteiger partial charge in [0.05, 0.1) is 6.54 Å². The summed E-state index contributed by atoms with van der Waals surface area (Å²) < 4.78 is 18.1. The molecule has 0 fully saturated rings. The zero-order valence-electron chi connectivity index (χ0n) is 12.2. The van der Waals surface area contributed by atoms with Gasteiger partial charge in [-0.2, -0.15) is 0 Å². The fourth-order valence-corrected chi connectivity index (χ4v) is 1.78. The molecule has 6 heteroatoms. The third-order valence-corrected chi connectivity index (χ3v) is 2.98. The first-order valence-electron chi connectivity index (χ1n) is 6.72. The van der Waals surface area contributed by atoms with Gasteiger partial charge in [-0.1, -0.05) is 6.92 Å². The number of hydrogen-bond donors (Lipinski definition) is 1. The van der Waals surface area contributed by atoms with E-state index in [1.807, 2.05) is 0 Å². The number of carbonyl (C=O) groups is 2. The summed E-state index contributed by atoms with van der Waals surface area (Å²) in [5, 5.41) is 8.65. The molecule has 1 unspecified atom stereocenters. The van der Waals surface area contributed by atoms with E-state index in [0.717, 1.165) is 0 Å². The molecule has 0 saturated heterocycles. The van der Waals surface area contributed by atoms with Crippen molar-refractivity contribution in [2.75, 3.05) is 20.2 Å². The molecule has 5 nitrogen and oxygen atoms in total. The van der Waals surface area contributed by atoms with Gasteiger partial charge in [0.25, 0.3) is 0 Å². The summed E-state index contributed by atoms with van der Waals surface area (Å²) in [6, 6.07) is 5.65. The molecule has 1 amide bonds. The van der Waals surface area contributed by atoms with E-state index in [2.05, 4.69) is 0 Å². The number of amides is 1. The Morgan fingerprint density at radius 1 is 1.29 bits per heavy atom. The molecule has 0 heterocycles. The van der Waals surface area contributed by atoms with Crippen molar-refractivity contribution in [3.8, 4) is 5.75 Å². The van der Waals surface area contributed by atoms with E-state index >= 15 is 0 Å². The van der Waals surface area contributed by atoms with Gasteiger partial charge in [0.15, 0.2) is 0 Å². The predicted molar refractivity (Wildman–Crippen MR) is 75.6 cm³/mol. The molecular formula is C15H20FNO4. The van der Waals surface area contributed by atoms with Crippen LogP contribution in [-0.4, -0.2) is 42.1 Å². The standard InChI is InChI=1S/C15H20FNO4/c1-11(10-15(19)20)9-14(18)17(2)7-8-21-13-5-3-12(16)4-6-13/h3-6,11H,7-10H2,1-2H3,(H,19,20). The van der Waals surface area contributed by atoms with Crippen molar-refractivity contribution in [3.05, 3.63) is 30.1 Å². The van der Waals surface area contributed by atoms with Crippen molar-refractivity contribution in [3.63, 3.8) is 0 Å². The summed E-state index contributed by atoms with van der Waals surface area (Å²) in [4.78, 5) is 23.9. The maximum atomic E-state index is 12.7. The van der Waals surface area contributed by atoms with Gasteiger partial charge in [0, 0.05) is 19.9 Å². The van der Waals surface area contributed by atoms with E-state index in [4.69, 9.17) is 9.84 Å². The Balaban J connectivity index is 2.29. The van der Waals surface area contributed by atoms with Crippen molar-refractivity contribution in [1.82, 2.24) is 4.90 Å². The van der Waals surface area contributed by atoms with Crippen LogP contribution in [0.15, 0.2) is 24.3 Å². The van der Waals surface area contributed by atoms with Gasteiger partial charge in [-0.25, -0.2) is 4.39 Å². The monoisotopic (exact) mass is 297 g/mol. The van der Waals surface area contributed by atoms with Crippen molar-refractivity contribution >= 4 is 11.9 Å². The zero-order valence-corrected chi connectivity index (χ0v) is 12.2. The van der Waals surface area contributed by atoms with Crippen LogP contribution in [-0.2, 0) is 9.59 Å². The SMILES string of the molecule is CC(CC(=O)O)CC(=O)N(C)CCOc1ccc(F)cc1. The van der Waals surface area contributed by atoms with Gasteiger partial charge in [-0.3, -0.25) is 9.59 Å². The second kappa shape index (κ2) is 8.24. The molecule has 116 valence electrons. The van der Waals surface area contributed by atoms with E-state index in [-0.39, 0.29) is 30.5 Å². The van der Waals surface area contributed by atoms with Crippen LogP contribution in [0.1, 0.15) is 19.8 Å². The lowest BCUT2D eigenvalue weighted by molar-refractivity contribution is -0.138. The highest BCUT2D eigenvalue weighted by atomic mass is 19.1. The van der Waals surface area contributed by atoms with Crippen molar-refractivity contribution in [2.24, 2.45) is 5.92 Å². The first-order valence-corrected chi connectivity index (χ1v) is 6.72. The molecule has 1 aromatic rings. The minimum absolute atomic E-state index is 0.0222. The third-order valence-electron chi connectivity index (χ3n) is 2.98. The number of likely N-dealkylation sites (N-methyl/N-ethyl adjacent to an activating group) is 1. The minimum Gasteiger partial charge on any atom is -0.492 e. The highest BCUT2D eigenvalue weighted by Gasteiger charge is 2.15.